The van der Waals surface area contributed by atoms with Gasteiger partial charge in [0.25, 0.3) is 5.91 Å². The van der Waals surface area contributed by atoms with Crippen LogP contribution in [0.4, 0.5) is 0 Å². The van der Waals surface area contributed by atoms with Crippen molar-refractivity contribution in [2.45, 2.75) is 0 Å². The molecule has 3 aromatic rings. The number of hydrogen-bond donors (Lipinski definition) is 2. The van der Waals surface area contributed by atoms with Crippen molar-refractivity contribution in [3.63, 3.8) is 0 Å². The lowest BCUT2D eigenvalue weighted by Gasteiger charge is -2.12. The molecule has 0 aromatic heterocycles. The Labute approximate surface area is 116 Å². The van der Waals surface area contributed by atoms with Crippen LogP contribution in [0.5, 0.6) is 5.75 Å². The number of amides is 1. The molecule has 0 radical (unpaired) electrons. The maximum absolute atomic E-state index is 11.5. The number of hydrogen-bond acceptors (Lipinski definition) is 2. The number of carbonyl (C=O) groups is 1. The third-order valence-corrected chi connectivity index (χ3v) is 3.35. The molecule has 3 rings (SSSR count). The molecule has 0 fully saturated rings. The fourth-order valence-corrected chi connectivity index (χ4v) is 2.42. The molecule has 3 heteroatoms. The summed E-state index contributed by atoms with van der Waals surface area (Å²) in [6, 6.07) is 18.7. The van der Waals surface area contributed by atoms with Crippen molar-refractivity contribution >= 4 is 16.7 Å². The molecule has 0 aliphatic rings. The van der Waals surface area contributed by atoms with Crippen LogP contribution < -0.4 is 5.73 Å². The van der Waals surface area contributed by atoms with Crippen molar-refractivity contribution in [3.05, 3.63) is 66.2 Å². The molecule has 20 heavy (non-hydrogen) atoms. The molecule has 0 saturated carbocycles. The van der Waals surface area contributed by atoms with E-state index >= 15 is 0 Å². The molecular formula is C17H13NO2. The van der Waals surface area contributed by atoms with Crippen molar-refractivity contribution in [2.75, 3.05) is 0 Å². The highest BCUT2D eigenvalue weighted by Crippen LogP contribution is 2.38. The van der Waals surface area contributed by atoms with Crippen LogP contribution in [0.15, 0.2) is 60.7 Å². The Bertz CT molecular complexity index is 795. The molecule has 3 aromatic carbocycles. The smallest absolute Gasteiger partial charge is 0.252 e. The van der Waals surface area contributed by atoms with Crippen LogP contribution in [0.2, 0.25) is 0 Å². The molecule has 1 amide bonds. The number of rotatable bonds is 2. The molecule has 0 unspecified atom stereocenters. The molecule has 0 aliphatic carbocycles. The summed E-state index contributed by atoms with van der Waals surface area (Å²) in [5.41, 5.74) is 6.98. The summed E-state index contributed by atoms with van der Waals surface area (Å²) in [4.78, 5) is 11.5. The summed E-state index contributed by atoms with van der Waals surface area (Å²) >= 11 is 0. The molecule has 0 aliphatic heterocycles. The highest BCUT2D eigenvalue weighted by molar-refractivity contribution is 6.08. The number of nitrogens with two attached hydrogens (primary N) is 1. The van der Waals surface area contributed by atoms with E-state index in [1.807, 2.05) is 54.6 Å². The average Bonchev–Trinajstić information content (AvgIpc) is 2.47. The predicted octanol–water partition coefficient (Wildman–Crippen LogP) is 3.31. The van der Waals surface area contributed by atoms with Crippen LogP contribution in [0.1, 0.15) is 10.4 Å². The maximum atomic E-state index is 11.5. The zero-order valence-electron chi connectivity index (χ0n) is 10.7. The van der Waals surface area contributed by atoms with Gasteiger partial charge < -0.3 is 10.8 Å². The van der Waals surface area contributed by atoms with Gasteiger partial charge in [0.15, 0.2) is 0 Å². The van der Waals surface area contributed by atoms with Crippen molar-refractivity contribution in [2.24, 2.45) is 5.73 Å². The number of fused-ring (bicyclic) bond motifs is 1. The van der Waals surface area contributed by atoms with E-state index in [0.717, 1.165) is 16.3 Å². The predicted molar refractivity (Wildman–Crippen MR) is 79.6 cm³/mol. The summed E-state index contributed by atoms with van der Waals surface area (Å²) in [6.07, 6.45) is 0. The van der Waals surface area contributed by atoms with E-state index in [1.165, 1.54) is 0 Å². The minimum absolute atomic E-state index is 0.0672. The topological polar surface area (TPSA) is 63.3 Å². The van der Waals surface area contributed by atoms with Crippen LogP contribution in [0.25, 0.3) is 21.9 Å². The lowest BCUT2D eigenvalue weighted by molar-refractivity contribution is 0.0998. The quantitative estimate of drug-likeness (QED) is 0.745. The zero-order chi connectivity index (χ0) is 14.1. The first-order valence-corrected chi connectivity index (χ1v) is 6.28. The Morgan fingerprint density at radius 1 is 0.950 bits per heavy atom. The highest BCUT2D eigenvalue weighted by atomic mass is 16.3. The van der Waals surface area contributed by atoms with E-state index in [-0.39, 0.29) is 11.3 Å². The fourth-order valence-electron chi connectivity index (χ4n) is 2.42. The lowest BCUT2D eigenvalue weighted by atomic mass is 9.94. The van der Waals surface area contributed by atoms with Crippen LogP contribution >= 0.6 is 0 Å². The normalized spacial score (nSPS) is 10.6. The Balaban J connectivity index is 2.45. The summed E-state index contributed by atoms with van der Waals surface area (Å²) in [7, 11) is 0. The van der Waals surface area contributed by atoms with Crippen molar-refractivity contribution in [1.29, 1.82) is 0 Å². The van der Waals surface area contributed by atoms with E-state index < -0.39 is 5.91 Å². The molecule has 3 nitrogen and oxygen atoms in total. The molecule has 0 bridgehead atoms. The number of phenols is 1. The Morgan fingerprint density at radius 2 is 1.60 bits per heavy atom. The summed E-state index contributed by atoms with van der Waals surface area (Å²) < 4.78 is 0. The number of primary amides is 1. The first-order chi connectivity index (χ1) is 9.68. The van der Waals surface area contributed by atoms with E-state index in [4.69, 9.17) is 5.73 Å². The zero-order valence-corrected chi connectivity index (χ0v) is 10.7. The third kappa shape index (κ3) is 1.89. The summed E-state index contributed by atoms with van der Waals surface area (Å²) in [6.45, 7) is 0. The van der Waals surface area contributed by atoms with Gasteiger partial charge in [-0.1, -0.05) is 54.6 Å². The molecule has 0 atom stereocenters. The van der Waals surface area contributed by atoms with Crippen molar-refractivity contribution in [3.8, 4) is 16.9 Å². The van der Waals surface area contributed by atoms with Gasteiger partial charge in [0.05, 0.1) is 5.56 Å². The van der Waals surface area contributed by atoms with Crippen molar-refractivity contribution < 1.29 is 9.90 Å². The largest absolute Gasteiger partial charge is 0.506 e. The van der Waals surface area contributed by atoms with Gasteiger partial charge in [0.2, 0.25) is 0 Å². The Kier molecular flexibility index (Phi) is 2.88. The molecular weight excluding hydrogens is 250 g/mol. The van der Waals surface area contributed by atoms with Gasteiger partial charge in [-0.3, -0.25) is 4.79 Å². The van der Waals surface area contributed by atoms with Gasteiger partial charge in [-0.05, 0) is 22.4 Å². The van der Waals surface area contributed by atoms with E-state index in [0.29, 0.717) is 5.56 Å². The van der Waals surface area contributed by atoms with E-state index in [1.54, 1.807) is 6.07 Å². The van der Waals surface area contributed by atoms with Crippen LogP contribution in [-0.2, 0) is 0 Å². The molecule has 98 valence electrons. The van der Waals surface area contributed by atoms with Crippen LogP contribution in [0, 0.1) is 0 Å². The first-order valence-electron chi connectivity index (χ1n) is 6.28. The van der Waals surface area contributed by atoms with Gasteiger partial charge in [-0.15, -0.1) is 0 Å². The van der Waals surface area contributed by atoms with Gasteiger partial charge in [0, 0.05) is 5.56 Å². The lowest BCUT2D eigenvalue weighted by Crippen LogP contribution is -2.11. The highest BCUT2D eigenvalue weighted by Gasteiger charge is 2.16. The summed E-state index contributed by atoms with van der Waals surface area (Å²) in [5, 5.41) is 12.2. The summed E-state index contributed by atoms with van der Waals surface area (Å²) in [5.74, 6) is -0.701. The van der Waals surface area contributed by atoms with Crippen molar-refractivity contribution in [1.82, 2.24) is 0 Å². The standard InChI is InChI=1S/C17H13NO2/c18-17(20)14-10-12-8-4-5-9-13(12)15(16(14)19)11-6-2-1-3-7-11/h1-10,19H,(H2,18,20). The Hall–Kier alpha value is -2.81. The van der Waals surface area contributed by atoms with Crippen LogP contribution in [0.3, 0.4) is 0 Å². The molecule has 0 spiro atoms. The van der Waals surface area contributed by atoms with Gasteiger partial charge in [-0.2, -0.15) is 0 Å². The van der Waals surface area contributed by atoms with Gasteiger partial charge >= 0.3 is 0 Å². The minimum atomic E-state index is -0.634. The number of aromatic hydroxyl groups is 1. The average molecular weight is 263 g/mol. The second-order valence-electron chi connectivity index (χ2n) is 4.60. The molecule has 0 saturated heterocycles. The second kappa shape index (κ2) is 4.70. The van der Waals surface area contributed by atoms with E-state index in [2.05, 4.69) is 0 Å². The SMILES string of the molecule is NC(=O)c1cc2ccccc2c(-c2ccccc2)c1O. The Morgan fingerprint density at radius 3 is 2.30 bits per heavy atom. The minimum Gasteiger partial charge on any atom is -0.506 e. The maximum Gasteiger partial charge on any atom is 0.252 e. The van der Waals surface area contributed by atoms with Gasteiger partial charge in [-0.25, -0.2) is 0 Å². The second-order valence-corrected chi connectivity index (χ2v) is 4.60. The fraction of sp³-hybridized carbons (Fsp3) is 0. The number of benzene rings is 3. The van der Waals surface area contributed by atoms with E-state index in [9.17, 15) is 9.90 Å². The number of carbonyl (C=O) groups excluding carboxylic acids is 1. The first kappa shape index (κ1) is 12.2. The van der Waals surface area contributed by atoms with Gasteiger partial charge in [0.1, 0.15) is 5.75 Å². The van der Waals surface area contributed by atoms with Crippen LogP contribution in [-0.4, -0.2) is 11.0 Å². The monoisotopic (exact) mass is 263 g/mol. The molecule has 0 heterocycles. The third-order valence-electron chi connectivity index (χ3n) is 3.35. The molecule has 3 N–H and O–H groups in total.